The standard InChI is InChI=1S/C27H28N4/c1-4-5-8-21-13-17-22(18-14-21)20(3)30-31-27-24-9-6-7-10-25(24)28-26(29-27)23-15-11-19(2)12-16-23/h6-7,9-18H,4-5,8H2,1-3H3,(H,28,29,31)/b30-20-. The van der Waals surface area contributed by atoms with E-state index in [4.69, 9.17) is 9.97 Å². The first kappa shape index (κ1) is 20.7. The van der Waals surface area contributed by atoms with Gasteiger partial charge in [-0.1, -0.05) is 79.6 Å². The number of para-hydroxylation sites is 1. The smallest absolute Gasteiger partial charge is 0.162 e. The van der Waals surface area contributed by atoms with E-state index in [1.54, 1.807) is 0 Å². The SMILES string of the molecule is CCCCc1ccc(/C(C)=N\Nc2nc(-c3ccc(C)cc3)nc3ccccc23)cc1. The van der Waals surface area contributed by atoms with Crippen molar-refractivity contribution in [2.45, 2.75) is 40.0 Å². The van der Waals surface area contributed by atoms with Gasteiger partial charge in [-0.3, -0.25) is 5.43 Å². The number of hydrogen-bond donors (Lipinski definition) is 1. The highest BCUT2D eigenvalue weighted by atomic mass is 15.3. The summed E-state index contributed by atoms with van der Waals surface area (Å²) < 4.78 is 0. The highest BCUT2D eigenvalue weighted by Gasteiger charge is 2.09. The fraction of sp³-hybridized carbons (Fsp3) is 0.222. The molecule has 4 heteroatoms. The molecule has 0 unspecified atom stereocenters. The van der Waals surface area contributed by atoms with Crippen molar-refractivity contribution in [3.05, 3.63) is 89.5 Å². The van der Waals surface area contributed by atoms with Gasteiger partial charge in [-0.2, -0.15) is 5.10 Å². The Labute approximate surface area is 184 Å². The molecular formula is C27H28N4. The van der Waals surface area contributed by atoms with Crippen LogP contribution in [0.3, 0.4) is 0 Å². The van der Waals surface area contributed by atoms with Crippen LogP contribution in [0.15, 0.2) is 77.9 Å². The quantitative estimate of drug-likeness (QED) is 0.271. The molecule has 1 heterocycles. The van der Waals surface area contributed by atoms with E-state index < -0.39 is 0 Å². The highest BCUT2D eigenvalue weighted by molar-refractivity contribution is 5.99. The second-order valence-electron chi connectivity index (χ2n) is 7.89. The summed E-state index contributed by atoms with van der Waals surface area (Å²) in [4.78, 5) is 9.54. The third-order valence-electron chi connectivity index (χ3n) is 5.43. The van der Waals surface area contributed by atoms with E-state index >= 15 is 0 Å². The lowest BCUT2D eigenvalue weighted by Crippen LogP contribution is -2.03. The molecule has 156 valence electrons. The molecule has 1 N–H and O–H groups in total. The summed E-state index contributed by atoms with van der Waals surface area (Å²) in [5.74, 6) is 1.40. The number of fused-ring (bicyclic) bond motifs is 1. The van der Waals surface area contributed by atoms with Crippen molar-refractivity contribution in [3.63, 3.8) is 0 Å². The number of hydrazone groups is 1. The molecule has 0 aliphatic rings. The van der Waals surface area contributed by atoms with Crippen molar-refractivity contribution in [3.8, 4) is 11.4 Å². The molecule has 0 atom stereocenters. The van der Waals surface area contributed by atoms with Crippen LogP contribution in [0.1, 0.15) is 43.4 Å². The Morgan fingerprint density at radius 1 is 0.903 bits per heavy atom. The lowest BCUT2D eigenvalue weighted by molar-refractivity contribution is 0.795. The maximum Gasteiger partial charge on any atom is 0.162 e. The average molecular weight is 409 g/mol. The van der Waals surface area contributed by atoms with Gasteiger partial charge in [0.1, 0.15) is 0 Å². The van der Waals surface area contributed by atoms with Gasteiger partial charge in [0, 0.05) is 10.9 Å². The Balaban J connectivity index is 1.63. The lowest BCUT2D eigenvalue weighted by atomic mass is 10.0. The van der Waals surface area contributed by atoms with E-state index in [1.807, 2.05) is 31.2 Å². The zero-order valence-electron chi connectivity index (χ0n) is 18.4. The van der Waals surface area contributed by atoms with Crippen LogP contribution in [-0.2, 0) is 6.42 Å². The number of rotatable bonds is 7. The van der Waals surface area contributed by atoms with E-state index in [0.717, 1.165) is 34.2 Å². The largest absolute Gasteiger partial charge is 0.260 e. The van der Waals surface area contributed by atoms with Crippen LogP contribution in [0.2, 0.25) is 0 Å². The number of hydrogen-bond acceptors (Lipinski definition) is 4. The molecule has 0 saturated carbocycles. The Morgan fingerprint density at radius 3 is 2.39 bits per heavy atom. The van der Waals surface area contributed by atoms with E-state index in [-0.39, 0.29) is 0 Å². The monoisotopic (exact) mass is 408 g/mol. The molecule has 1 aromatic heterocycles. The first-order valence-electron chi connectivity index (χ1n) is 10.9. The van der Waals surface area contributed by atoms with Crippen molar-refractivity contribution in [2.75, 3.05) is 5.43 Å². The zero-order chi connectivity index (χ0) is 21.6. The number of anilines is 1. The molecule has 0 radical (unpaired) electrons. The third kappa shape index (κ3) is 4.97. The highest BCUT2D eigenvalue weighted by Crippen LogP contribution is 2.25. The summed E-state index contributed by atoms with van der Waals surface area (Å²) in [6.07, 6.45) is 3.56. The molecule has 0 fully saturated rings. The number of nitrogens with zero attached hydrogens (tertiary/aromatic N) is 3. The Bertz CT molecular complexity index is 1190. The fourth-order valence-corrected chi connectivity index (χ4v) is 3.49. The third-order valence-corrected chi connectivity index (χ3v) is 5.43. The summed E-state index contributed by atoms with van der Waals surface area (Å²) in [5, 5.41) is 5.58. The van der Waals surface area contributed by atoms with Crippen LogP contribution < -0.4 is 5.43 Å². The van der Waals surface area contributed by atoms with E-state index in [0.29, 0.717) is 11.6 Å². The van der Waals surface area contributed by atoms with Crippen molar-refractivity contribution in [1.29, 1.82) is 0 Å². The predicted molar refractivity (Wildman–Crippen MR) is 131 cm³/mol. The lowest BCUT2D eigenvalue weighted by Gasteiger charge is -2.10. The fourth-order valence-electron chi connectivity index (χ4n) is 3.49. The van der Waals surface area contributed by atoms with Crippen LogP contribution in [-0.4, -0.2) is 15.7 Å². The average Bonchev–Trinajstić information content (AvgIpc) is 2.81. The summed E-state index contributed by atoms with van der Waals surface area (Å²) in [7, 11) is 0. The minimum absolute atomic E-state index is 0.689. The summed E-state index contributed by atoms with van der Waals surface area (Å²) in [6.45, 7) is 6.31. The predicted octanol–water partition coefficient (Wildman–Crippen LogP) is 6.78. The molecule has 0 saturated heterocycles. The summed E-state index contributed by atoms with van der Waals surface area (Å²) in [6, 6.07) is 24.9. The topological polar surface area (TPSA) is 50.2 Å². The molecule has 4 rings (SSSR count). The first-order chi connectivity index (χ1) is 15.1. The Kier molecular flexibility index (Phi) is 6.37. The van der Waals surface area contributed by atoms with Gasteiger partial charge in [-0.25, -0.2) is 9.97 Å². The molecule has 0 spiro atoms. The number of unbranched alkanes of at least 4 members (excludes halogenated alkanes) is 1. The number of aryl methyl sites for hydroxylation is 2. The van der Waals surface area contributed by atoms with Crippen LogP contribution in [0.5, 0.6) is 0 Å². The van der Waals surface area contributed by atoms with Crippen LogP contribution >= 0.6 is 0 Å². The van der Waals surface area contributed by atoms with Crippen molar-refractivity contribution < 1.29 is 0 Å². The maximum atomic E-state index is 4.78. The molecule has 3 aromatic carbocycles. The number of nitrogens with one attached hydrogen (secondary N) is 1. The van der Waals surface area contributed by atoms with Crippen molar-refractivity contribution in [2.24, 2.45) is 5.10 Å². The molecule has 4 nitrogen and oxygen atoms in total. The van der Waals surface area contributed by atoms with Gasteiger partial charge in [0.25, 0.3) is 0 Å². The maximum absolute atomic E-state index is 4.78. The minimum atomic E-state index is 0.689. The molecule has 31 heavy (non-hydrogen) atoms. The second-order valence-corrected chi connectivity index (χ2v) is 7.89. The van der Waals surface area contributed by atoms with Crippen LogP contribution in [0, 0.1) is 6.92 Å². The minimum Gasteiger partial charge on any atom is -0.260 e. The van der Waals surface area contributed by atoms with Crippen molar-refractivity contribution in [1.82, 2.24) is 9.97 Å². The van der Waals surface area contributed by atoms with Gasteiger partial charge >= 0.3 is 0 Å². The molecule has 0 aliphatic heterocycles. The van der Waals surface area contributed by atoms with Gasteiger partial charge in [0.05, 0.1) is 11.2 Å². The zero-order valence-corrected chi connectivity index (χ0v) is 18.4. The molecule has 0 bridgehead atoms. The van der Waals surface area contributed by atoms with Gasteiger partial charge in [0.15, 0.2) is 11.6 Å². The van der Waals surface area contributed by atoms with E-state index in [9.17, 15) is 0 Å². The molecule has 0 amide bonds. The summed E-state index contributed by atoms with van der Waals surface area (Å²) in [5.41, 5.74) is 9.68. The van der Waals surface area contributed by atoms with E-state index in [1.165, 1.54) is 24.0 Å². The van der Waals surface area contributed by atoms with E-state index in [2.05, 4.69) is 72.9 Å². The normalized spacial score (nSPS) is 11.6. The van der Waals surface area contributed by atoms with Gasteiger partial charge in [-0.15, -0.1) is 0 Å². The van der Waals surface area contributed by atoms with Crippen LogP contribution in [0.25, 0.3) is 22.3 Å². The van der Waals surface area contributed by atoms with Crippen molar-refractivity contribution >= 4 is 22.4 Å². The first-order valence-corrected chi connectivity index (χ1v) is 10.9. The van der Waals surface area contributed by atoms with Gasteiger partial charge < -0.3 is 0 Å². The molecular weight excluding hydrogens is 380 g/mol. The molecule has 4 aromatic rings. The van der Waals surface area contributed by atoms with Gasteiger partial charge in [-0.05, 0) is 49.9 Å². The Hall–Kier alpha value is -3.53. The number of aromatic nitrogens is 2. The van der Waals surface area contributed by atoms with Gasteiger partial charge in [0.2, 0.25) is 0 Å². The second kappa shape index (κ2) is 9.52. The summed E-state index contributed by atoms with van der Waals surface area (Å²) >= 11 is 0. The van der Waals surface area contributed by atoms with Crippen LogP contribution in [0.4, 0.5) is 5.82 Å². The Morgan fingerprint density at radius 2 is 1.65 bits per heavy atom. The number of benzene rings is 3. The molecule has 0 aliphatic carbocycles.